The van der Waals surface area contributed by atoms with Crippen LogP contribution in [0.25, 0.3) is 22.3 Å². The Morgan fingerprint density at radius 2 is 1.90 bits per heavy atom. The lowest BCUT2D eigenvalue weighted by Crippen LogP contribution is -2.21. The van der Waals surface area contributed by atoms with Crippen molar-refractivity contribution in [2.45, 2.75) is 18.9 Å². The van der Waals surface area contributed by atoms with Gasteiger partial charge in [0, 0.05) is 18.8 Å². The number of nitrogens with zero attached hydrogens (tertiary/aromatic N) is 4. The van der Waals surface area contributed by atoms with Crippen LogP contribution in [0.1, 0.15) is 34.2 Å². The fourth-order valence-corrected chi connectivity index (χ4v) is 3.99. The number of nitrogens with one attached hydrogen (secondary N) is 1. The quantitative estimate of drug-likeness (QED) is 0.565. The van der Waals surface area contributed by atoms with Crippen molar-refractivity contribution in [3.8, 4) is 11.3 Å². The second-order valence-corrected chi connectivity index (χ2v) is 7.21. The second kappa shape index (κ2) is 6.98. The van der Waals surface area contributed by atoms with Gasteiger partial charge in [0.15, 0.2) is 5.65 Å². The third kappa shape index (κ3) is 2.92. The van der Waals surface area contributed by atoms with Crippen LogP contribution >= 0.6 is 0 Å². The molecule has 1 aliphatic carbocycles. The van der Waals surface area contributed by atoms with E-state index in [4.69, 9.17) is 5.10 Å². The molecule has 0 radical (unpaired) electrons. The maximum absolute atomic E-state index is 13.9. The predicted molar refractivity (Wildman–Crippen MR) is 107 cm³/mol. The first-order valence-electron chi connectivity index (χ1n) is 9.57. The van der Waals surface area contributed by atoms with Crippen LogP contribution in [0, 0.1) is 11.6 Å². The van der Waals surface area contributed by atoms with Crippen LogP contribution in [0.3, 0.4) is 0 Å². The van der Waals surface area contributed by atoms with E-state index in [1.54, 1.807) is 29.1 Å². The molecule has 0 saturated carbocycles. The first kappa shape index (κ1) is 18.4. The number of halogens is 2. The lowest BCUT2D eigenvalue weighted by Gasteiger charge is -2.13. The smallest absolute Gasteiger partial charge is 0.288 e. The van der Waals surface area contributed by atoms with Gasteiger partial charge in [-0.2, -0.15) is 5.10 Å². The fourth-order valence-electron chi connectivity index (χ4n) is 3.99. The number of benzene rings is 2. The van der Waals surface area contributed by atoms with Gasteiger partial charge in [0.05, 0.1) is 11.4 Å². The van der Waals surface area contributed by atoms with Crippen LogP contribution in [-0.4, -0.2) is 32.7 Å². The van der Waals surface area contributed by atoms with Crippen molar-refractivity contribution in [3.05, 3.63) is 77.2 Å². The van der Waals surface area contributed by atoms with E-state index in [9.17, 15) is 13.6 Å². The van der Waals surface area contributed by atoms with E-state index >= 15 is 0 Å². The summed E-state index contributed by atoms with van der Waals surface area (Å²) in [6.45, 7) is 0. The maximum atomic E-state index is 13.9. The summed E-state index contributed by atoms with van der Waals surface area (Å²) in [6, 6.07) is 10.5. The lowest BCUT2D eigenvalue weighted by atomic mass is 10.1. The van der Waals surface area contributed by atoms with Crippen molar-refractivity contribution in [2.75, 3.05) is 7.05 Å². The molecule has 2 aromatic carbocycles. The van der Waals surface area contributed by atoms with E-state index in [1.165, 1.54) is 31.3 Å². The highest BCUT2D eigenvalue weighted by Crippen LogP contribution is 2.38. The van der Waals surface area contributed by atoms with Crippen LogP contribution in [0.5, 0.6) is 0 Å². The Morgan fingerprint density at radius 3 is 2.67 bits per heavy atom. The molecule has 2 heterocycles. The van der Waals surface area contributed by atoms with Crippen molar-refractivity contribution in [1.29, 1.82) is 0 Å². The molecule has 4 aromatic rings. The minimum Gasteiger partial charge on any atom is -0.352 e. The molecule has 5 rings (SSSR count). The van der Waals surface area contributed by atoms with E-state index in [2.05, 4.69) is 15.3 Å². The third-order valence-corrected chi connectivity index (χ3v) is 5.45. The van der Waals surface area contributed by atoms with Crippen LogP contribution in [0.15, 0.2) is 48.7 Å². The Balaban J connectivity index is 1.74. The molecule has 1 N–H and O–H groups in total. The summed E-state index contributed by atoms with van der Waals surface area (Å²) in [5, 5.41) is 7.92. The molecule has 1 amide bonds. The average Bonchev–Trinajstić information content (AvgIpc) is 3.34. The first-order chi connectivity index (χ1) is 14.5. The van der Waals surface area contributed by atoms with Gasteiger partial charge in [-0.3, -0.25) is 4.79 Å². The average molecular weight is 405 g/mol. The van der Waals surface area contributed by atoms with Gasteiger partial charge in [0.1, 0.15) is 17.3 Å². The van der Waals surface area contributed by atoms with Crippen LogP contribution in [-0.2, 0) is 6.42 Å². The molecule has 0 fully saturated rings. The first-order valence-corrected chi connectivity index (χ1v) is 9.57. The highest BCUT2D eigenvalue weighted by molar-refractivity contribution is 5.95. The van der Waals surface area contributed by atoms with E-state index < -0.39 is 5.91 Å². The number of aromatic nitrogens is 4. The normalized spacial score (nSPS) is 15.4. The van der Waals surface area contributed by atoms with Gasteiger partial charge in [0.2, 0.25) is 5.82 Å². The molecule has 150 valence electrons. The van der Waals surface area contributed by atoms with Crippen molar-refractivity contribution >= 4 is 16.9 Å². The summed E-state index contributed by atoms with van der Waals surface area (Å²) in [6.07, 6.45) is 3.08. The molecule has 0 aliphatic heterocycles. The molecule has 1 aliphatic rings. The van der Waals surface area contributed by atoms with Gasteiger partial charge >= 0.3 is 0 Å². The summed E-state index contributed by atoms with van der Waals surface area (Å²) in [7, 11) is 1.51. The molecule has 0 bridgehead atoms. The Bertz CT molecular complexity index is 1280. The minimum atomic E-state index is -0.411. The van der Waals surface area contributed by atoms with E-state index in [1.807, 2.05) is 0 Å². The second-order valence-electron chi connectivity index (χ2n) is 7.21. The summed E-state index contributed by atoms with van der Waals surface area (Å²) in [5.74, 6) is -1.04. The lowest BCUT2D eigenvalue weighted by molar-refractivity contribution is 0.0953. The van der Waals surface area contributed by atoms with Gasteiger partial charge in [-0.1, -0.05) is 6.07 Å². The van der Waals surface area contributed by atoms with Crippen LogP contribution < -0.4 is 5.32 Å². The van der Waals surface area contributed by atoms with Crippen molar-refractivity contribution in [1.82, 2.24) is 25.1 Å². The standard InChI is InChI=1S/C22H17F2N5O/c1-25-22(30)20-26-11-17-19(13-3-6-14(23)7-4-13)28-29(21(17)27-20)18-9-5-12-2-8-15(24)10-16(12)18/h2-4,6-8,10-11,18H,5,9H2,1H3,(H,25,30). The monoisotopic (exact) mass is 405 g/mol. The number of rotatable bonds is 3. The zero-order valence-corrected chi connectivity index (χ0v) is 16.1. The van der Waals surface area contributed by atoms with Crippen LogP contribution in [0.2, 0.25) is 0 Å². The van der Waals surface area contributed by atoms with E-state index in [0.29, 0.717) is 22.3 Å². The highest BCUT2D eigenvalue weighted by atomic mass is 19.1. The molecule has 0 spiro atoms. The van der Waals surface area contributed by atoms with E-state index in [0.717, 1.165) is 24.0 Å². The predicted octanol–water partition coefficient (Wildman–Crippen LogP) is 3.67. The number of hydrogen-bond donors (Lipinski definition) is 1. The van der Waals surface area contributed by atoms with Gasteiger partial charge in [-0.15, -0.1) is 0 Å². The molecule has 1 atom stereocenters. The van der Waals surface area contributed by atoms with Crippen molar-refractivity contribution in [3.63, 3.8) is 0 Å². The molecule has 8 heteroatoms. The number of amides is 1. The highest BCUT2D eigenvalue weighted by Gasteiger charge is 2.29. The van der Waals surface area contributed by atoms with Gasteiger partial charge in [0.25, 0.3) is 5.91 Å². The number of fused-ring (bicyclic) bond motifs is 2. The summed E-state index contributed by atoms with van der Waals surface area (Å²) in [4.78, 5) is 20.7. The number of carbonyl (C=O) groups excluding carboxylic acids is 1. The zero-order valence-electron chi connectivity index (χ0n) is 16.1. The maximum Gasteiger partial charge on any atom is 0.288 e. The molecule has 2 aromatic heterocycles. The molecule has 1 unspecified atom stereocenters. The molecule has 0 saturated heterocycles. The molecule has 6 nitrogen and oxygen atoms in total. The topological polar surface area (TPSA) is 72.7 Å². The van der Waals surface area contributed by atoms with Crippen molar-refractivity contribution < 1.29 is 13.6 Å². The molecule has 30 heavy (non-hydrogen) atoms. The number of carbonyl (C=O) groups is 1. The van der Waals surface area contributed by atoms with Gasteiger partial charge < -0.3 is 5.32 Å². The summed E-state index contributed by atoms with van der Waals surface area (Å²) < 4.78 is 29.1. The van der Waals surface area contributed by atoms with Gasteiger partial charge in [-0.25, -0.2) is 23.4 Å². The Labute approximate surface area is 170 Å². The Hall–Kier alpha value is -3.68. The Morgan fingerprint density at radius 1 is 1.13 bits per heavy atom. The van der Waals surface area contributed by atoms with Crippen LogP contribution in [0.4, 0.5) is 8.78 Å². The molecular weight excluding hydrogens is 388 g/mol. The van der Waals surface area contributed by atoms with E-state index in [-0.39, 0.29) is 23.5 Å². The largest absolute Gasteiger partial charge is 0.352 e. The summed E-state index contributed by atoms with van der Waals surface area (Å²) in [5.41, 5.74) is 3.68. The summed E-state index contributed by atoms with van der Waals surface area (Å²) >= 11 is 0. The Kier molecular flexibility index (Phi) is 4.27. The number of aryl methyl sites for hydroxylation is 1. The molecular formula is C22H17F2N5O. The minimum absolute atomic E-state index is 0.0225. The van der Waals surface area contributed by atoms with Gasteiger partial charge in [-0.05, 0) is 60.4 Å². The third-order valence-electron chi connectivity index (χ3n) is 5.45. The van der Waals surface area contributed by atoms with Crippen molar-refractivity contribution in [2.24, 2.45) is 0 Å². The number of hydrogen-bond acceptors (Lipinski definition) is 4. The zero-order chi connectivity index (χ0) is 20.8. The SMILES string of the molecule is CNC(=O)c1ncc2c(-c3ccc(F)cc3)nn(C3CCc4ccc(F)cc43)c2n1. The fraction of sp³-hybridized carbons (Fsp3) is 0.182.